The number of anilines is 2. The fourth-order valence-corrected chi connectivity index (χ4v) is 3.15. The van der Waals surface area contributed by atoms with Gasteiger partial charge in [0.1, 0.15) is 5.75 Å². The highest BCUT2D eigenvalue weighted by atomic mass is 32.1. The second-order valence-corrected chi connectivity index (χ2v) is 6.51. The fraction of sp³-hybridized carbons (Fsp3) is 0.118. The van der Waals surface area contributed by atoms with E-state index >= 15 is 0 Å². The van der Waals surface area contributed by atoms with Crippen LogP contribution >= 0.6 is 11.3 Å². The molecule has 0 aliphatic heterocycles. The van der Waals surface area contributed by atoms with Crippen molar-refractivity contribution in [2.24, 2.45) is 0 Å². The Morgan fingerprint density at radius 2 is 1.79 bits per heavy atom. The van der Waals surface area contributed by atoms with Crippen LogP contribution < -0.4 is 5.32 Å². The number of rotatable bonds is 4. The van der Waals surface area contributed by atoms with Gasteiger partial charge in [0.2, 0.25) is 10.1 Å². The number of hydrogen-bond acceptors (Lipinski definition) is 6. The van der Waals surface area contributed by atoms with Gasteiger partial charge in [0.25, 0.3) is 0 Å². The first kappa shape index (κ1) is 14.6. The largest absolute Gasteiger partial charge is 0.508 e. The lowest BCUT2D eigenvalue weighted by atomic mass is 10.1. The van der Waals surface area contributed by atoms with E-state index in [4.69, 9.17) is 0 Å². The molecular formula is C17H15N5OS. The molecule has 0 saturated heterocycles. The van der Waals surface area contributed by atoms with Crippen molar-refractivity contribution in [1.82, 2.24) is 19.8 Å². The summed E-state index contributed by atoms with van der Waals surface area (Å²) in [6.45, 7) is 2.06. The third-order valence-electron chi connectivity index (χ3n) is 3.66. The molecule has 0 spiro atoms. The summed E-state index contributed by atoms with van der Waals surface area (Å²) in [5, 5.41) is 26.4. The molecule has 0 fully saturated rings. The molecule has 120 valence electrons. The number of nitrogens with one attached hydrogen (secondary N) is 1. The summed E-state index contributed by atoms with van der Waals surface area (Å²) in [5.74, 6) is 1.02. The maximum atomic E-state index is 9.36. The van der Waals surface area contributed by atoms with E-state index in [1.165, 1.54) is 16.9 Å². The summed E-state index contributed by atoms with van der Waals surface area (Å²) < 4.78 is 1.76. The van der Waals surface area contributed by atoms with Gasteiger partial charge in [-0.3, -0.25) is 0 Å². The maximum absolute atomic E-state index is 9.36. The summed E-state index contributed by atoms with van der Waals surface area (Å²) in [4.78, 5) is 0.749. The van der Waals surface area contributed by atoms with E-state index in [1.54, 1.807) is 16.6 Å². The molecule has 0 bridgehead atoms. The van der Waals surface area contributed by atoms with Gasteiger partial charge in [0, 0.05) is 12.1 Å². The monoisotopic (exact) mass is 337 g/mol. The standard InChI is InChI=1S/C17H15N5OS/c1-11-2-6-13(7-3-11)18-16-21-22-15(19-20-17(22)24-16)10-12-4-8-14(23)9-5-12/h2-9,23H,10H2,1H3,(H,18,21). The minimum absolute atomic E-state index is 0.253. The first-order valence-corrected chi connectivity index (χ1v) is 8.32. The molecule has 7 heteroatoms. The molecule has 0 unspecified atom stereocenters. The number of aromatic hydroxyl groups is 1. The first-order chi connectivity index (χ1) is 11.7. The van der Waals surface area contributed by atoms with Crippen molar-refractivity contribution in [3.63, 3.8) is 0 Å². The van der Waals surface area contributed by atoms with Crippen molar-refractivity contribution in [1.29, 1.82) is 0 Å². The highest BCUT2D eigenvalue weighted by molar-refractivity contribution is 7.20. The smallest absolute Gasteiger partial charge is 0.236 e. The minimum atomic E-state index is 0.253. The number of fused-ring (bicyclic) bond motifs is 1. The van der Waals surface area contributed by atoms with E-state index in [1.807, 2.05) is 24.3 Å². The quantitative estimate of drug-likeness (QED) is 0.596. The first-order valence-electron chi connectivity index (χ1n) is 7.50. The molecule has 6 nitrogen and oxygen atoms in total. The van der Waals surface area contributed by atoms with Gasteiger partial charge in [0.05, 0.1) is 0 Å². The highest BCUT2D eigenvalue weighted by Gasteiger charge is 2.12. The van der Waals surface area contributed by atoms with Crippen LogP contribution in [0.15, 0.2) is 48.5 Å². The lowest BCUT2D eigenvalue weighted by molar-refractivity contribution is 0.475. The predicted molar refractivity (Wildman–Crippen MR) is 94.0 cm³/mol. The van der Waals surface area contributed by atoms with Crippen molar-refractivity contribution < 1.29 is 5.11 Å². The number of aromatic nitrogens is 4. The molecule has 0 aliphatic carbocycles. The number of hydrogen-bond donors (Lipinski definition) is 2. The molecule has 4 rings (SSSR count). The average Bonchev–Trinajstić information content (AvgIpc) is 3.13. The number of phenols is 1. The molecule has 4 aromatic rings. The second-order valence-electron chi connectivity index (χ2n) is 5.55. The Hall–Kier alpha value is -2.93. The lowest BCUT2D eigenvalue weighted by Gasteiger charge is -2.02. The van der Waals surface area contributed by atoms with Crippen LogP contribution in [0.2, 0.25) is 0 Å². The Balaban J connectivity index is 1.58. The fourth-order valence-electron chi connectivity index (χ4n) is 2.37. The summed E-state index contributed by atoms with van der Waals surface area (Å²) >= 11 is 1.46. The Bertz CT molecular complexity index is 973. The van der Waals surface area contributed by atoms with Crippen molar-refractivity contribution >= 4 is 27.1 Å². The van der Waals surface area contributed by atoms with Crippen LogP contribution in [0, 0.1) is 6.92 Å². The summed E-state index contributed by atoms with van der Waals surface area (Å²) in [7, 11) is 0. The van der Waals surface area contributed by atoms with Gasteiger partial charge in [-0.1, -0.05) is 41.2 Å². The predicted octanol–water partition coefficient (Wildman–Crippen LogP) is 3.53. The van der Waals surface area contributed by atoms with E-state index < -0.39 is 0 Å². The molecule has 0 aliphatic rings. The lowest BCUT2D eigenvalue weighted by Crippen LogP contribution is -1.98. The number of aryl methyl sites for hydroxylation is 1. The van der Waals surface area contributed by atoms with E-state index in [-0.39, 0.29) is 5.75 Å². The molecule has 0 atom stereocenters. The van der Waals surface area contributed by atoms with Crippen molar-refractivity contribution in [3.05, 3.63) is 65.5 Å². The molecule has 2 aromatic heterocycles. The molecule has 2 N–H and O–H groups in total. The van der Waals surface area contributed by atoms with Gasteiger partial charge >= 0.3 is 0 Å². The normalized spacial score (nSPS) is 11.0. The van der Waals surface area contributed by atoms with E-state index in [0.29, 0.717) is 6.42 Å². The van der Waals surface area contributed by atoms with Gasteiger partial charge in [0.15, 0.2) is 5.82 Å². The molecule has 2 aromatic carbocycles. The van der Waals surface area contributed by atoms with Crippen LogP contribution in [0.25, 0.3) is 4.96 Å². The molecule has 2 heterocycles. The van der Waals surface area contributed by atoms with E-state index in [2.05, 4.69) is 39.7 Å². The van der Waals surface area contributed by atoms with Crippen LogP contribution in [-0.2, 0) is 6.42 Å². The highest BCUT2D eigenvalue weighted by Crippen LogP contribution is 2.24. The van der Waals surface area contributed by atoms with Gasteiger partial charge in [-0.15, -0.1) is 15.3 Å². The van der Waals surface area contributed by atoms with Gasteiger partial charge in [-0.05, 0) is 36.8 Å². The Morgan fingerprint density at radius 1 is 1.04 bits per heavy atom. The summed E-state index contributed by atoms with van der Waals surface area (Å²) in [6, 6.07) is 15.2. The molecular weight excluding hydrogens is 322 g/mol. The van der Waals surface area contributed by atoms with Crippen molar-refractivity contribution in [2.45, 2.75) is 13.3 Å². The van der Waals surface area contributed by atoms with Gasteiger partial charge < -0.3 is 10.4 Å². The average molecular weight is 337 g/mol. The van der Waals surface area contributed by atoms with E-state index in [9.17, 15) is 5.11 Å². The number of benzene rings is 2. The SMILES string of the molecule is Cc1ccc(Nc2nn3c(Cc4ccc(O)cc4)nnc3s2)cc1. The van der Waals surface area contributed by atoms with E-state index in [0.717, 1.165) is 27.2 Å². The summed E-state index contributed by atoms with van der Waals surface area (Å²) in [5.41, 5.74) is 3.25. The third-order valence-corrected chi connectivity index (χ3v) is 4.47. The zero-order chi connectivity index (χ0) is 16.5. The minimum Gasteiger partial charge on any atom is -0.508 e. The van der Waals surface area contributed by atoms with Gasteiger partial charge in [-0.2, -0.15) is 4.52 Å². The number of nitrogens with zero attached hydrogens (tertiary/aromatic N) is 4. The summed E-state index contributed by atoms with van der Waals surface area (Å²) in [6.07, 6.45) is 0.606. The van der Waals surface area contributed by atoms with Crippen molar-refractivity contribution in [3.8, 4) is 5.75 Å². The second kappa shape index (κ2) is 5.93. The van der Waals surface area contributed by atoms with Crippen LogP contribution in [0.3, 0.4) is 0 Å². The molecule has 24 heavy (non-hydrogen) atoms. The zero-order valence-electron chi connectivity index (χ0n) is 13.0. The maximum Gasteiger partial charge on any atom is 0.236 e. The molecule has 0 amide bonds. The van der Waals surface area contributed by atoms with Crippen molar-refractivity contribution in [2.75, 3.05) is 5.32 Å². The number of phenolic OH excluding ortho intramolecular Hbond substituents is 1. The zero-order valence-corrected chi connectivity index (χ0v) is 13.8. The Morgan fingerprint density at radius 3 is 2.54 bits per heavy atom. The molecule has 0 saturated carbocycles. The van der Waals surface area contributed by atoms with Crippen LogP contribution in [0.1, 0.15) is 17.0 Å². The Kier molecular flexibility index (Phi) is 3.62. The van der Waals surface area contributed by atoms with Crippen LogP contribution in [-0.4, -0.2) is 24.9 Å². The van der Waals surface area contributed by atoms with Gasteiger partial charge in [-0.25, -0.2) is 0 Å². The topological polar surface area (TPSA) is 75.3 Å². The third kappa shape index (κ3) is 2.93. The van der Waals surface area contributed by atoms with Crippen LogP contribution in [0.4, 0.5) is 10.8 Å². The molecule has 0 radical (unpaired) electrons. The van der Waals surface area contributed by atoms with Crippen LogP contribution in [0.5, 0.6) is 5.75 Å². The Labute approximate surface area is 142 Å².